The lowest BCUT2D eigenvalue weighted by atomic mass is 9.81. The highest BCUT2D eigenvalue weighted by molar-refractivity contribution is 14.1. The first kappa shape index (κ1) is 9.65. The molecule has 13 heavy (non-hydrogen) atoms. The summed E-state index contributed by atoms with van der Waals surface area (Å²) >= 11 is 3.91. The molecule has 0 aliphatic heterocycles. The number of ketones is 1. The van der Waals surface area contributed by atoms with Crippen LogP contribution in [0.1, 0.15) is 36.0 Å². The number of hydrogen-bond acceptors (Lipinski definition) is 2. The molecule has 2 rings (SSSR count). The molecule has 0 aromatic carbocycles. The Morgan fingerprint density at radius 3 is 2.85 bits per heavy atom. The molecule has 1 aromatic heterocycles. The molecule has 0 saturated heterocycles. The Balaban J connectivity index is 1.96. The van der Waals surface area contributed by atoms with E-state index in [1.807, 2.05) is 11.4 Å². The largest absolute Gasteiger partial charge is 0.294 e. The summed E-state index contributed by atoms with van der Waals surface area (Å²) in [5, 5.41) is 1.97. The first-order chi connectivity index (χ1) is 6.25. The topological polar surface area (TPSA) is 17.1 Å². The van der Waals surface area contributed by atoms with Gasteiger partial charge in [0.15, 0.2) is 5.78 Å². The molecule has 0 unspecified atom stereocenters. The van der Waals surface area contributed by atoms with Crippen LogP contribution in [0.15, 0.2) is 11.4 Å². The van der Waals surface area contributed by atoms with E-state index in [4.69, 9.17) is 0 Å². The summed E-state index contributed by atoms with van der Waals surface area (Å²) < 4.78 is 1.20. The number of rotatable bonds is 3. The van der Waals surface area contributed by atoms with Gasteiger partial charge in [-0.3, -0.25) is 4.79 Å². The van der Waals surface area contributed by atoms with E-state index in [0.29, 0.717) is 11.7 Å². The molecule has 1 aromatic rings. The zero-order chi connectivity index (χ0) is 9.26. The van der Waals surface area contributed by atoms with E-state index in [1.54, 1.807) is 11.3 Å². The minimum absolute atomic E-state index is 0.337. The average Bonchev–Trinajstić information content (AvgIpc) is 2.44. The van der Waals surface area contributed by atoms with E-state index in [9.17, 15) is 4.79 Å². The molecule has 0 atom stereocenters. The van der Waals surface area contributed by atoms with E-state index in [0.717, 1.165) is 12.0 Å². The van der Waals surface area contributed by atoms with Gasteiger partial charge in [-0.1, -0.05) is 19.3 Å². The molecule has 1 nitrogen and oxygen atoms in total. The van der Waals surface area contributed by atoms with Gasteiger partial charge >= 0.3 is 0 Å². The fraction of sp³-hybridized carbons (Fsp3) is 0.500. The summed E-state index contributed by atoms with van der Waals surface area (Å²) in [7, 11) is 0. The lowest BCUT2D eigenvalue weighted by molar-refractivity contribution is 0.0937. The van der Waals surface area contributed by atoms with Gasteiger partial charge in [0, 0.05) is 17.4 Å². The highest BCUT2D eigenvalue weighted by atomic mass is 127. The SMILES string of the molecule is O=C(CC1CCC1)c1csc(I)c1. The van der Waals surface area contributed by atoms with E-state index in [-0.39, 0.29) is 0 Å². The Kier molecular flexibility index (Phi) is 3.03. The van der Waals surface area contributed by atoms with Crippen LogP contribution < -0.4 is 0 Å². The molecule has 0 spiro atoms. The van der Waals surface area contributed by atoms with E-state index < -0.39 is 0 Å². The second kappa shape index (κ2) is 4.09. The first-order valence-corrected chi connectivity index (χ1v) is 6.49. The molecule has 70 valence electrons. The lowest BCUT2D eigenvalue weighted by Crippen LogP contribution is -2.15. The fourth-order valence-corrected chi connectivity index (χ4v) is 2.88. The molecule has 0 amide bonds. The van der Waals surface area contributed by atoms with Crippen molar-refractivity contribution in [2.45, 2.75) is 25.7 Å². The van der Waals surface area contributed by atoms with Gasteiger partial charge in [-0.15, -0.1) is 11.3 Å². The molecule has 1 aliphatic rings. The van der Waals surface area contributed by atoms with Gasteiger partial charge in [0.25, 0.3) is 0 Å². The third-order valence-corrected chi connectivity index (χ3v) is 4.38. The quantitative estimate of drug-likeness (QED) is 0.614. The van der Waals surface area contributed by atoms with Gasteiger partial charge in [0.05, 0.1) is 2.88 Å². The van der Waals surface area contributed by atoms with Crippen LogP contribution in [-0.4, -0.2) is 5.78 Å². The van der Waals surface area contributed by atoms with Gasteiger partial charge in [0.2, 0.25) is 0 Å². The van der Waals surface area contributed by atoms with Crippen LogP contribution in [0, 0.1) is 8.80 Å². The predicted molar refractivity (Wildman–Crippen MR) is 63.3 cm³/mol. The average molecular weight is 306 g/mol. The smallest absolute Gasteiger partial charge is 0.164 e. The minimum atomic E-state index is 0.337. The molecular formula is C10H11IOS. The summed E-state index contributed by atoms with van der Waals surface area (Å²) in [4.78, 5) is 11.7. The maximum Gasteiger partial charge on any atom is 0.164 e. The van der Waals surface area contributed by atoms with E-state index in [2.05, 4.69) is 22.6 Å². The number of carbonyl (C=O) groups is 1. The normalized spacial score (nSPS) is 17.0. The molecule has 1 heterocycles. The third-order valence-electron chi connectivity index (χ3n) is 2.59. The van der Waals surface area contributed by atoms with Crippen molar-refractivity contribution in [3.63, 3.8) is 0 Å². The van der Waals surface area contributed by atoms with Crippen LogP contribution in [0.2, 0.25) is 0 Å². The minimum Gasteiger partial charge on any atom is -0.294 e. The number of Topliss-reactive ketones (excluding diaryl/α,β-unsaturated/α-hetero) is 1. The van der Waals surface area contributed by atoms with Gasteiger partial charge in [0.1, 0.15) is 0 Å². The van der Waals surface area contributed by atoms with Crippen LogP contribution in [0.4, 0.5) is 0 Å². The third kappa shape index (κ3) is 2.31. The monoisotopic (exact) mass is 306 g/mol. The van der Waals surface area contributed by atoms with Crippen LogP contribution >= 0.6 is 33.9 Å². The standard InChI is InChI=1S/C10H11IOS/c11-10-5-8(6-13-10)9(12)4-7-2-1-3-7/h5-7H,1-4H2. The van der Waals surface area contributed by atoms with Gasteiger partial charge in [-0.05, 0) is 34.6 Å². The summed E-state index contributed by atoms with van der Waals surface area (Å²) in [5.74, 6) is 1.02. The van der Waals surface area contributed by atoms with Crippen molar-refractivity contribution in [2.75, 3.05) is 0 Å². The Morgan fingerprint density at radius 1 is 1.62 bits per heavy atom. The second-order valence-corrected chi connectivity index (χ2v) is 6.37. The molecule has 1 fully saturated rings. The van der Waals surface area contributed by atoms with Crippen molar-refractivity contribution in [2.24, 2.45) is 5.92 Å². The van der Waals surface area contributed by atoms with Crippen molar-refractivity contribution in [1.29, 1.82) is 0 Å². The molecule has 0 radical (unpaired) electrons. The lowest BCUT2D eigenvalue weighted by Gasteiger charge is -2.24. The van der Waals surface area contributed by atoms with Crippen LogP contribution in [0.5, 0.6) is 0 Å². The van der Waals surface area contributed by atoms with Crippen LogP contribution in [0.3, 0.4) is 0 Å². The van der Waals surface area contributed by atoms with Gasteiger partial charge < -0.3 is 0 Å². The van der Waals surface area contributed by atoms with Gasteiger partial charge in [-0.25, -0.2) is 0 Å². The summed E-state index contributed by atoms with van der Waals surface area (Å²) in [5.41, 5.74) is 0.918. The number of hydrogen-bond donors (Lipinski definition) is 0. The number of carbonyl (C=O) groups excluding carboxylic acids is 1. The van der Waals surface area contributed by atoms with Crippen LogP contribution in [0.25, 0.3) is 0 Å². The predicted octanol–water partition coefficient (Wildman–Crippen LogP) is 3.73. The number of halogens is 1. The maximum atomic E-state index is 11.7. The van der Waals surface area contributed by atoms with E-state index in [1.165, 1.54) is 22.1 Å². The molecule has 0 bridgehead atoms. The molecular weight excluding hydrogens is 295 g/mol. The summed E-state index contributed by atoms with van der Waals surface area (Å²) in [6.45, 7) is 0. The fourth-order valence-electron chi connectivity index (χ4n) is 1.53. The number of thiophene rings is 1. The molecule has 1 aliphatic carbocycles. The Morgan fingerprint density at radius 2 is 2.38 bits per heavy atom. The summed E-state index contributed by atoms with van der Waals surface area (Å²) in [6, 6.07) is 1.99. The molecule has 0 N–H and O–H groups in total. The Hall–Kier alpha value is 0.1000. The highest BCUT2D eigenvalue weighted by Gasteiger charge is 2.21. The van der Waals surface area contributed by atoms with Crippen molar-refractivity contribution in [1.82, 2.24) is 0 Å². The zero-order valence-corrected chi connectivity index (χ0v) is 10.2. The highest BCUT2D eigenvalue weighted by Crippen LogP contribution is 2.31. The summed E-state index contributed by atoms with van der Waals surface area (Å²) in [6.07, 6.45) is 4.60. The Bertz CT molecular complexity index is 314. The first-order valence-electron chi connectivity index (χ1n) is 4.53. The van der Waals surface area contributed by atoms with Gasteiger partial charge in [-0.2, -0.15) is 0 Å². The van der Waals surface area contributed by atoms with Crippen molar-refractivity contribution in [3.8, 4) is 0 Å². The van der Waals surface area contributed by atoms with E-state index >= 15 is 0 Å². The Labute approximate surface area is 95.7 Å². The molecule has 3 heteroatoms. The second-order valence-electron chi connectivity index (χ2n) is 3.56. The molecule has 1 saturated carbocycles. The van der Waals surface area contributed by atoms with Crippen LogP contribution in [-0.2, 0) is 0 Å². The zero-order valence-electron chi connectivity index (χ0n) is 7.25. The van der Waals surface area contributed by atoms with Crippen molar-refractivity contribution < 1.29 is 4.79 Å². The van der Waals surface area contributed by atoms with Crippen molar-refractivity contribution in [3.05, 3.63) is 19.9 Å². The maximum absolute atomic E-state index is 11.7. The van der Waals surface area contributed by atoms with Crippen molar-refractivity contribution >= 4 is 39.7 Å².